The second-order valence-electron chi connectivity index (χ2n) is 5.82. The van der Waals surface area contributed by atoms with E-state index in [1.54, 1.807) is 6.20 Å². The molecule has 4 aromatic rings. The van der Waals surface area contributed by atoms with Crippen molar-refractivity contribution in [1.82, 2.24) is 20.5 Å². The van der Waals surface area contributed by atoms with E-state index in [9.17, 15) is 4.79 Å². The maximum Gasteiger partial charge on any atom is 0.269 e. The predicted molar refractivity (Wildman–Crippen MR) is 106 cm³/mol. The first-order valence-corrected chi connectivity index (χ1v) is 9.13. The number of H-pyrrole nitrogens is 2. The Morgan fingerprint density at radius 3 is 2.81 bits per heavy atom. The van der Waals surface area contributed by atoms with E-state index in [2.05, 4.69) is 36.4 Å². The molecule has 0 aliphatic heterocycles. The molecule has 0 spiro atoms. The third-order valence-electron chi connectivity index (χ3n) is 4.14. The fourth-order valence-electron chi connectivity index (χ4n) is 2.85. The van der Waals surface area contributed by atoms with Crippen molar-refractivity contribution in [2.24, 2.45) is 0 Å². The van der Waals surface area contributed by atoms with Crippen LogP contribution in [0.4, 0.5) is 0 Å². The van der Waals surface area contributed by atoms with E-state index in [4.69, 9.17) is 11.6 Å². The summed E-state index contributed by atoms with van der Waals surface area (Å²) < 4.78 is 0.906. The number of benzene rings is 2. The monoisotopic (exact) mass is 428 g/mol. The van der Waals surface area contributed by atoms with Crippen molar-refractivity contribution in [3.05, 3.63) is 75.5 Å². The molecule has 7 heteroatoms. The van der Waals surface area contributed by atoms with Crippen LogP contribution in [0.5, 0.6) is 0 Å². The molecule has 26 heavy (non-hydrogen) atoms. The van der Waals surface area contributed by atoms with E-state index >= 15 is 0 Å². The summed E-state index contributed by atoms with van der Waals surface area (Å²) in [6.45, 7) is 0.342. The van der Waals surface area contributed by atoms with Gasteiger partial charge in [0.15, 0.2) is 0 Å². The second-order valence-corrected chi connectivity index (χ2v) is 7.12. The standard InChI is InChI=1S/C19H14BrClN4O/c20-13-6-7-15-14(8-13)16(21)18(24-15)19(26)22-9-12-10-23-25-17(12)11-4-2-1-3-5-11/h1-8,10,24H,9H2,(H,22,26)(H,23,25). The van der Waals surface area contributed by atoms with Gasteiger partial charge in [-0.15, -0.1) is 0 Å². The molecule has 1 amide bonds. The van der Waals surface area contributed by atoms with Crippen LogP contribution in [-0.2, 0) is 6.54 Å². The van der Waals surface area contributed by atoms with Gasteiger partial charge in [-0.25, -0.2) is 0 Å². The second kappa shape index (κ2) is 6.97. The molecule has 0 unspecified atom stereocenters. The number of carbonyl (C=O) groups excluding carboxylic acids is 1. The van der Waals surface area contributed by atoms with Crippen molar-refractivity contribution < 1.29 is 4.79 Å². The lowest BCUT2D eigenvalue weighted by atomic mass is 10.1. The van der Waals surface area contributed by atoms with Crippen molar-refractivity contribution >= 4 is 44.3 Å². The van der Waals surface area contributed by atoms with E-state index in [-0.39, 0.29) is 5.91 Å². The Kier molecular flexibility index (Phi) is 4.53. The number of aromatic amines is 2. The molecule has 0 bridgehead atoms. The maximum absolute atomic E-state index is 12.6. The zero-order chi connectivity index (χ0) is 18.1. The van der Waals surface area contributed by atoms with Crippen LogP contribution in [0.15, 0.2) is 59.2 Å². The van der Waals surface area contributed by atoms with Gasteiger partial charge >= 0.3 is 0 Å². The number of amides is 1. The van der Waals surface area contributed by atoms with Gasteiger partial charge in [0, 0.05) is 27.5 Å². The highest BCUT2D eigenvalue weighted by Gasteiger charge is 2.17. The van der Waals surface area contributed by atoms with Crippen LogP contribution < -0.4 is 5.32 Å². The average Bonchev–Trinajstić information content (AvgIpc) is 3.25. The number of aromatic nitrogens is 3. The van der Waals surface area contributed by atoms with Crippen LogP contribution in [0.3, 0.4) is 0 Å². The summed E-state index contributed by atoms with van der Waals surface area (Å²) in [5.41, 5.74) is 3.97. The fraction of sp³-hybridized carbons (Fsp3) is 0.0526. The Balaban J connectivity index is 1.56. The number of fused-ring (bicyclic) bond motifs is 1. The molecule has 0 aliphatic rings. The van der Waals surface area contributed by atoms with Crippen LogP contribution in [0.1, 0.15) is 16.1 Å². The summed E-state index contributed by atoms with van der Waals surface area (Å²) in [5.74, 6) is -0.262. The lowest BCUT2D eigenvalue weighted by Crippen LogP contribution is -2.23. The maximum atomic E-state index is 12.6. The quantitative estimate of drug-likeness (QED) is 0.431. The van der Waals surface area contributed by atoms with Gasteiger partial charge in [0.1, 0.15) is 5.69 Å². The molecule has 3 N–H and O–H groups in total. The number of nitrogens with zero attached hydrogens (tertiary/aromatic N) is 1. The van der Waals surface area contributed by atoms with Gasteiger partial charge in [-0.05, 0) is 23.8 Å². The van der Waals surface area contributed by atoms with Gasteiger partial charge < -0.3 is 10.3 Å². The zero-order valence-electron chi connectivity index (χ0n) is 13.5. The summed E-state index contributed by atoms with van der Waals surface area (Å²) in [5, 5.41) is 11.2. The fourth-order valence-corrected chi connectivity index (χ4v) is 3.50. The third-order valence-corrected chi connectivity index (χ3v) is 5.03. The van der Waals surface area contributed by atoms with Crippen molar-refractivity contribution in [1.29, 1.82) is 0 Å². The Bertz CT molecular complexity index is 1090. The third kappa shape index (κ3) is 3.13. The molecule has 2 aromatic heterocycles. The molecular formula is C19H14BrClN4O. The molecule has 0 atom stereocenters. The number of hydrogen-bond acceptors (Lipinski definition) is 2. The molecule has 2 heterocycles. The molecular weight excluding hydrogens is 416 g/mol. The summed E-state index contributed by atoms with van der Waals surface area (Å²) in [6.07, 6.45) is 1.71. The van der Waals surface area contributed by atoms with Crippen LogP contribution in [0, 0.1) is 0 Å². The molecule has 0 saturated heterocycles. The summed E-state index contributed by atoms with van der Waals surface area (Å²) in [7, 11) is 0. The number of nitrogens with one attached hydrogen (secondary N) is 3. The predicted octanol–water partition coefficient (Wildman–Crippen LogP) is 4.90. The highest BCUT2D eigenvalue weighted by molar-refractivity contribution is 9.10. The van der Waals surface area contributed by atoms with E-state index in [0.29, 0.717) is 17.3 Å². The van der Waals surface area contributed by atoms with Crippen molar-refractivity contribution in [3.8, 4) is 11.3 Å². The normalized spacial score (nSPS) is 11.0. The van der Waals surface area contributed by atoms with Gasteiger partial charge in [-0.3, -0.25) is 9.89 Å². The van der Waals surface area contributed by atoms with Gasteiger partial charge in [0.05, 0.1) is 16.9 Å². The summed E-state index contributed by atoms with van der Waals surface area (Å²) in [4.78, 5) is 15.7. The number of halogens is 2. The van der Waals surface area contributed by atoms with E-state index in [1.807, 2.05) is 48.5 Å². The minimum absolute atomic E-state index is 0.262. The van der Waals surface area contributed by atoms with Crippen LogP contribution >= 0.6 is 27.5 Å². The molecule has 2 aromatic carbocycles. The van der Waals surface area contributed by atoms with Gasteiger partial charge in [0.25, 0.3) is 5.91 Å². The van der Waals surface area contributed by atoms with E-state index in [0.717, 1.165) is 32.2 Å². The topological polar surface area (TPSA) is 73.6 Å². The summed E-state index contributed by atoms with van der Waals surface area (Å²) >= 11 is 9.80. The summed E-state index contributed by atoms with van der Waals surface area (Å²) in [6, 6.07) is 15.5. The van der Waals surface area contributed by atoms with Crippen LogP contribution in [0.2, 0.25) is 5.02 Å². The molecule has 0 aliphatic carbocycles. The molecule has 0 radical (unpaired) electrons. The van der Waals surface area contributed by atoms with Crippen LogP contribution in [0.25, 0.3) is 22.2 Å². The van der Waals surface area contributed by atoms with Crippen molar-refractivity contribution in [3.63, 3.8) is 0 Å². The first-order valence-electron chi connectivity index (χ1n) is 7.96. The Hall–Kier alpha value is -2.57. The smallest absolute Gasteiger partial charge is 0.269 e. The Morgan fingerprint density at radius 2 is 2.00 bits per heavy atom. The van der Waals surface area contributed by atoms with Gasteiger partial charge in [-0.1, -0.05) is 57.9 Å². The van der Waals surface area contributed by atoms with Gasteiger partial charge in [0.2, 0.25) is 0 Å². The lowest BCUT2D eigenvalue weighted by Gasteiger charge is -2.05. The first-order chi connectivity index (χ1) is 12.6. The number of rotatable bonds is 4. The molecule has 4 rings (SSSR count). The molecule has 5 nitrogen and oxygen atoms in total. The molecule has 130 valence electrons. The highest BCUT2D eigenvalue weighted by Crippen LogP contribution is 2.30. The van der Waals surface area contributed by atoms with Crippen LogP contribution in [-0.4, -0.2) is 21.1 Å². The lowest BCUT2D eigenvalue weighted by molar-refractivity contribution is 0.0947. The Morgan fingerprint density at radius 1 is 1.19 bits per heavy atom. The first kappa shape index (κ1) is 16.9. The average molecular weight is 430 g/mol. The number of carbonyl (C=O) groups is 1. The molecule has 0 saturated carbocycles. The minimum Gasteiger partial charge on any atom is -0.349 e. The SMILES string of the molecule is O=C(NCc1cn[nH]c1-c1ccccc1)c1[nH]c2ccc(Br)cc2c1Cl. The highest BCUT2D eigenvalue weighted by atomic mass is 79.9. The molecule has 0 fully saturated rings. The minimum atomic E-state index is -0.262. The van der Waals surface area contributed by atoms with Crippen molar-refractivity contribution in [2.75, 3.05) is 0 Å². The zero-order valence-corrected chi connectivity index (χ0v) is 15.9. The largest absolute Gasteiger partial charge is 0.349 e. The van der Waals surface area contributed by atoms with E-state index < -0.39 is 0 Å². The van der Waals surface area contributed by atoms with E-state index in [1.165, 1.54) is 0 Å². The number of hydrogen-bond donors (Lipinski definition) is 3. The van der Waals surface area contributed by atoms with Crippen molar-refractivity contribution in [2.45, 2.75) is 6.54 Å². The van der Waals surface area contributed by atoms with Gasteiger partial charge in [-0.2, -0.15) is 5.10 Å². The Labute approximate surface area is 162 Å².